The molecule has 0 bridgehead atoms. The molecule has 31 heavy (non-hydrogen) atoms. The van der Waals surface area contributed by atoms with Crippen molar-refractivity contribution in [2.75, 3.05) is 11.9 Å². The molecule has 3 aromatic rings. The van der Waals surface area contributed by atoms with Gasteiger partial charge >= 0.3 is 5.97 Å². The molecule has 1 amide bonds. The van der Waals surface area contributed by atoms with Gasteiger partial charge in [-0.1, -0.05) is 15.9 Å². The Kier molecular flexibility index (Phi) is 6.05. The number of rotatable bonds is 6. The van der Waals surface area contributed by atoms with Crippen LogP contribution < -0.4 is 5.32 Å². The zero-order valence-corrected chi connectivity index (χ0v) is 19.7. The van der Waals surface area contributed by atoms with Crippen LogP contribution in [0.2, 0.25) is 0 Å². The highest BCUT2D eigenvalue weighted by Gasteiger charge is 2.29. The summed E-state index contributed by atoms with van der Waals surface area (Å²) in [4.78, 5) is 26.3. The Hall–Kier alpha value is -2.43. The third-order valence-corrected chi connectivity index (χ3v) is 8.20. The van der Waals surface area contributed by atoms with Crippen molar-refractivity contribution in [2.45, 2.75) is 36.2 Å². The van der Waals surface area contributed by atoms with E-state index in [0.717, 1.165) is 34.2 Å². The molecule has 1 N–H and O–H groups in total. The Balaban J connectivity index is 1.59. The molecule has 0 aliphatic heterocycles. The van der Waals surface area contributed by atoms with Gasteiger partial charge in [0.1, 0.15) is 5.00 Å². The van der Waals surface area contributed by atoms with E-state index in [1.807, 2.05) is 0 Å². The Bertz CT molecular complexity index is 1260. The van der Waals surface area contributed by atoms with Gasteiger partial charge in [-0.05, 0) is 68.1 Å². The first-order valence-corrected chi connectivity index (χ1v) is 12.6. The second kappa shape index (κ2) is 8.60. The zero-order valence-electron chi connectivity index (χ0n) is 16.4. The van der Waals surface area contributed by atoms with Gasteiger partial charge < -0.3 is 14.5 Å². The largest absolute Gasteiger partial charge is 0.462 e. The van der Waals surface area contributed by atoms with E-state index >= 15 is 0 Å². The molecule has 0 radical (unpaired) electrons. The van der Waals surface area contributed by atoms with Crippen LogP contribution in [0.4, 0.5) is 5.00 Å². The van der Waals surface area contributed by atoms with Crippen molar-refractivity contribution in [3.63, 3.8) is 0 Å². The summed E-state index contributed by atoms with van der Waals surface area (Å²) < 4.78 is 36.8. The summed E-state index contributed by atoms with van der Waals surface area (Å²) in [5.41, 5.74) is 1.29. The molecule has 1 aliphatic carbocycles. The molecular weight excluding hydrogens is 506 g/mol. The lowest BCUT2D eigenvalue weighted by molar-refractivity contribution is 0.0527. The number of carbonyl (C=O) groups is 2. The van der Waals surface area contributed by atoms with Crippen molar-refractivity contribution in [3.8, 4) is 0 Å². The second-order valence-corrected chi connectivity index (χ2v) is 10.7. The molecule has 10 heteroatoms. The first-order valence-electron chi connectivity index (χ1n) is 9.54. The van der Waals surface area contributed by atoms with E-state index in [9.17, 15) is 18.0 Å². The number of nitrogens with one attached hydrogen (secondary N) is 1. The van der Waals surface area contributed by atoms with Gasteiger partial charge in [0, 0.05) is 9.35 Å². The van der Waals surface area contributed by atoms with Crippen molar-refractivity contribution in [2.24, 2.45) is 0 Å². The van der Waals surface area contributed by atoms with Crippen LogP contribution in [0.25, 0.3) is 0 Å². The maximum absolute atomic E-state index is 12.7. The van der Waals surface area contributed by atoms with Gasteiger partial charge in [0.05, 0.1) is 17.1 Å². The third kappa shape index (κ3) is 4.19. The number of furan rings is 1. The first-order chi connectivity index (χ1) is 14.8. The minimum absolute atomic E-state index is 0.0521. The Morgan fingerprint density at radius 1 is 1.16 bits per heavy atom. The number of halogens is 1. The smallest absolute Gasteiger partial charge is 0.341 e. The molecule has 0 unspecified atom stereocenters. The van der Waals surface area contributed by atoms with Gasteiger partial charge in [0.2, 0.25) is 14.9 Å². The van der Waals surface area contributed by atoms with Crippen molar-refractivity contribution in [1.82, 2.24) is 0 Å². The summed E-state index contributed by atoms with van der Waals surface area (Å²) in [6, 6.07) is 8.65. The third-order valence-electron chi connectivity index (χ3n) is 4.82. The van der Waals surface area contributed by atoms with Crippen molar-refractivity contribution in [1.29, 1.82) is 0 Å². The van der Waals surface area contributed by atoms with Gasteiger partial charge in [-0.25, -0.2) is 13.2 Å². The Morgan fingerprint density at radius 2 is 1.90 bits per heavy atom. The number of carbonyl (C=O) groups excluding carboxylic acids is 2. The molecule has 0 saturated heterocycles. The van der Waals surface area contributed by atoms with Gasteiger partial charge in [0.25, 0.3) is 5.91 Å². The lowest BCUT2D eigenvalue weighted by Crippen LogP contribution is -2.14. The average Bonchev–Trinajstić information content (AvgIpc) is 3.44. The molecule has 7 nitrogen and oxygen atoms in total. The highest BCUT2D eigenvalue weighted by molar-refractivity contribution is 9.10. The number of esters is 1. The summed E-state index contributed by atoms with van der Waals surface area (Å²) in [5.74, 6) is -1.28. The fraction of sp³-hybridized carbons (Fsp3) is 0.238. The molecule has 2 heterocycles. The highest BCUT2D eigenvalue weighted by atomic mass is 79.9. The van der Waals surface area contributed by atoms with E-state index < -0.39 is 21.7 Å². The molecule has 1 aromatic carbocycles. The van der Waals surface area contributed by atoms with Crippen LogP contribution >= 0.6 is 27.3 Å². The lowest BCUT2D eigenvalue weighted by atomic mass is 10.1. The fourth-order valence-electron chi connectivity index (χ4n) is 3.39. The summed E-state index contributed by atoms with van der Waals surface area (Å²) in [7, 11) is -3.91. The van der Waals surface area contributed by atoms with Gasteiger partial charge in [-0.15, -0.1) is 11.3 Å². The topological polar surface area (TPSA) is 103 Å². The van der Waals surface area contributed by atoms with Gasteiger partial charge in [0.15, 0.2) is 5.76 Å². The normalized spacial score (nSPS) is 13.1. The molecule has 162 valence electrons. The van der Waals surface area contributed by atoms with Crippen molar-refractivity contribution >= 4 is 54.0 Å². The molecule has 0 saturated carbocycles. The highest BCUT2D eigenvalue weighted by Crippen LogP contribution is 2.39. The van der Waals surface area contributed by atoms with Crippen molar-refractivity contribution < 1.29 is 27.2 Å². The minimum atomic E-state index is -3.91. The number of hydrogen-bond donors (Lipinski definition) is 1. The molecule has 2 aromatic heterocycles. The molecular formula is C21H18BrNO6S2. The number of anilines is 1. The molecule has 0 atom stereocenters. The molecule has 0 fully saturated rings. The van der Waals surface area contributed by atoms with Gasteiger partial charge in [-0.2, -0.15) is 0 Å². The number of ether oxygens (including phenoxy) is 1. The standard InChI is InChI=1S/C21H18BrNO6S2/c1-2-28-21(25)18-14-4-3-5-16(14)30-20(18)23-19(24)15-10-11-17(29-15)31(26,27)13-8-6-12(22)7-9-13/h6-11H,2-5H2,1H3,(H,23,24). The SMILES string of the molecule is CCOC(=O)c1c(NC(=O)c2ccc(S(=O)(=O)c3ccc(Br)cc3)o2)sc2c1CCC2. The van der Waals surface area contributed by atoms with E-state index in [2.05, 4.69) is 21.2 Å². The van der Waals surface area contributed by atoms with Crippen LogP contribution in [-0.4, -0.2) is 26.9 Å². The minimum Gasteiger partial charge on any atom is -0.462 e. The Labute approximate surface area is 191 Å². The van der Waals surface area contributed by atoms with E-state index in [0.29, 0.717) is 10.6 Å². The van der Waals surface area contributed by atoms with Crippen LogP contribution in [-0.2, 0) is 27.4 Å². The average molecular weight is 524 g/mol. The number of aryl methyl sites for hydroxylation is 1. The molecule has 1 aliphatic rings. The summed E-state index contributed by atoms with van der Waals surface area (Å²) in [5, 5.41) is 2.75. The van der Waals surface area contributed by atoms with E-state index in [-0.39, 0.29) is 22.4 Å². The van der Waals surface area contributed by atoms with Crippen LogP contribution in [0, 0.1) is 0 Å². The first kappa shape index (κ1) is 21.8. The van der Waals surface area contributed by atoms with Crippen LogP contribution in [0.15, 0.2) is 55.3 Å². The number of sulfone groups is 1. The van der Waals surface area contributed by atoms with Crippen LogP contribution in [0.3, 0.4) is 0 Å². The fourth-order valence-corrected chi connectivity index (χ4v) is 6.10. The van der Waals surface area contributed by atoms with Crippen LogP contribution in [0.1, 0.15) is 44.7 Å². The maximum Gasteiger partial charge on any atom is 0.341 e. The summed E-state index contributed by atoms with van der Waals surface area (Å²) in [6.45, 7) is 1.95. The lowest BCUT2D eigenvalue weighted by Gasteiger charge is -2.07. The Morgan fingerprint density at radius 3 is 2.61 bits per heavy atom. The number of thiophene rings is 1. The quantitative estimate of drug-likeness (QED) is 0.463. The van der Waals surface area contributed by atoms with E-state index in [1.54, 1.807) is 19.1 Å². The van der Waals surface area contributed by atoms with Crippen molar-refractivity contribution in [3.05, 3.63) is 62.6 Å². The summed E-state index contributed by atoms with van der Waals surface area (Å²) in [6.07, 6.45) is 2.56. The number of fused-ring (bicyclic) bond motifs is 1. The predicted octanol–water partition coefficient (Wildman–Crippen LogP) is 4.85. The zero-order chi connectivity index (χ0) is 22.2. The van der Waals surface area contributed by atoms with E-state index in [1.165, 1.54) is 35.6 Å². The van der Waals surface area contributed by atoms with Gasteiger partial charge in [-0.3, -0.25) is 4.79 Å². The number of benzene rings is 1. The predicted molar refractivity (Wildman–Crippen MR) is 119 cm³/mol. The van der Waals surface area contributed by atoms with Crippen LogP contribution in [0.5, 0.6) is 0 Å². The molecule has 4 rings (SSSR count). The van der Waals surface area contributed by atoms with E-state index in [4.69, 9.17) is 9.15 Å². The number of hydrogen-bond acceptors (Lipinski definition) is 7. The number of amides is 1. The molecule has 0 spiro atoms. The second-order valence-electron chi connectivity index (χ2n) is 6.81. The summed E-state index contributed by atoms with van der Waals surface area (Å²) >= 11 is 4.60. The monoisotopic (exact) mass is 523 g/mol. The maximum atomic E-state index is 12.7.